The van der Waals surface area contributed by atoms with E-state index in [4.69, 9.17) is 11.6 Å². The number of nitrogens with one attached hydrogen (secondary N) is 1. The highest BCUT2D eigenvalue weighted by atomic mass is 35.5. The van der Waals surface area contributed by atoms with Crippen LogP contribution in [-0.4, -0.2) is 39.9 Å². The Morgan fingerprint density at radius 1 is 1.33 bits per heavy atom. The van der Waals surface area contributed by atoms with E-state index >= 15 is 0 Å². The van der Waals surface area contributed by atoms with Crippen molar-refractivity contribution in [1.29, 1.82) is 0 Å². The fraction of sp³-hybridized carbons (Fsp3) is 0.333. The Bertz CT molecular complexity index is 648. The minimum Gasteiger partial charge on any atom is -0.394 e. The van der Waals surface area contributed by atoms with Gasteiger partial charge in [-0.05, 0) is 18.6 Å². The zero-order chi connectivity index (χ0) is 15.5. The normalized spacial score (nSPS) is 11.6. The third kappa shape index (κ3) is 3.15. The molecular formula is C15H17ClN2O3. The second kappa shape index (κ2) is 6.39. The van der Waals surface area contributed by atoms with E-state index in [2.05, 4.69) is 10.3 Å². The number of fused-ring (bicyclic) bond motifs is 1. The van der Waals surface area contributed by atoms with Crippen LogP contribution in [0.1, 0.15) is 23.7 Å². The predicted molar refractivity (Wildman–Crippen MR) is 81.4 cm³/mol. The molecular weight excluding hydrogens is 292 g/mol. The van der Waals surface area contributed by atoms with Crippen molar-refractivity contribution < 1.29 is 15.0 Å². The van der Waals surface area contributed by atoms with Gasteiger partial charge in [0.25, 0.3) is 5.91 Å². The first-order chi connectivity index (χ1) is 10.0. The summed E-state index contributed by atoms with van der Waals surface area (Å²) in [6.07, 6.45) is 0.405. The zero-order valence-electron chi connectivity index (χ0n) is 11.6. The lowest BCUT2D eigenvalue weighted by atomic mass is 9.97. The molecule has 112 valence electrons. The van der Waals surface area contributed by atoms with Crippen molar-refractivity contribution in [3.63, 3.8) is 0 Å². The molecule has 0 fully saturated rings. The van der Waals surface area contributed by atoms with Crippen LogP contribution >= 0.6 is 11.6 Å². The van der Waals surface area contributed by atoms with E-state index in [0.717, 1.165) is 0 Å². The van der Waals surface area contributed by atoms with Crippen molar-refractivity contribution in [3.05, 3.63) is 41.0 Å². The molecule has 0 bridgehead atoms. The number of carbonyl (C=O) groups excluding carboxylic acids is 1. The number of amides is 1. The zero-order valence-corrected chi connectivity index (χ0v) is 12.4. The SMILES string of the molecule is CCC(CO)(CO)NC(=O)c1cc(Cl)nc2ccccc12. The van der Waals surface area contributed by atoms with Crippen LogP contribution in [0.15, 0.2) is 30.3 Å². The monoisotopic (exact) mass is 308 g/mol. The average Bonchev–Trinajstić information content (AvgIpc) is 2.51. The quantitative estimate of drug-likeness (QED) is 0.735. The predicted octanol–water partition coefficient (Wildman–Crippen LogP) is 1.75. The number of hydrogen-bond donors (Lipinski definition) is 3. The maximum absolute atomic E-state index is 12.5. The molecule has 5 nitrogen and oxygen atoms in total. The fourth-order valence-corrected chi connectivity index (χ4v) is 2.28. The van der Waals surface area contributed by atoms with Crippen molar-refractivity contribution in [1.82, 2.24) is 10.3 Å². The van der Waals surface area contributed by atoms with Crippen molar-refractivity contribution in [2.24, 2.45) is 0 Å². The van der Waals surface area contributed by atoms with Crippen molar-refractivity contribution in [2.75, 3.05) is 13.2 Å². The van der Waals surface area contributed by atoms with E-state index in [0.29, 0.717) is 22.9 Å². The topological polar surface area (TPSA) is 82.5 Å². The second-order valence-electron chi connectivity index (χ2n) is 4.91. The van der Waals surface area contributed by atoms with Crippen LogP contribution in [0.5, 0.6) is 0 Å². The smallest absolute Gasteiger partial charge is 0.252 e. The molecule has 1 heterocycles. The summed E-state index contributed by atoms with van der Waals surface area (Å²) in [5.41, 5.74) is -0.0657. The van der Waals surface area contributed by atoms with Crippen LogP contribution in [0.4, 0.5) is 0 Å². The number of hydrogen-bond acceptors (Lipinski definition) is 4. The lowest BCUT2D eigenvalue weighted by molar-refractivity contribution is 0.0654. The van der Waals surface area contributed by atoms with Crippen molar-refractivity contribution in [2.45, 2.75) is 18.9 Å². The van der Waals surface area contributed by atoms with Crippen LogP contribution in [0.2, 0.25) is 5.15 Å². The Kier molecular flexibility index (Phi) is 4.77. The van der Waals surface area contributed by atoms with E-state index in [1.54, 1.807) is 25.1 Å². The first-order valence-electron chi connectivity index (χ1n) is 6.65. The third-order valence-corrected chi connectivity index (χ3v) is 3.78. The van der Waals surface area contributed by atoms with Crippen LogP contribution in [-0.2, 0) is 0 Å². The van der Waals surface area contributed by atoms with Crippen LogP contribution in [0.3, 0.4) is 0 Å². The first-order valence-corrected chi connectivity index (χ1v) is 7.02. The lowest BCUT2D eigenvalue weighted by Crippen LogP contribution is -2.53. The minimum absolute atomic E-state index is 0.217. The Hall–Kier alpha value is -1.69. The summed E-state index contributed by atoms with van der Waals surface area (Å²) in [5.74, 6) is -0.402. The first kappa shape index (κ1) is 15.7. The Balaban J connectivity index is 2.44. The molecule has 0 spiro atoms. The van der Waals surface area contributed by atoms with E-state index in [1.165, 1.54) is 6.07 Å². The molecule has 0 aliphatic heterocycles. The van der Waals surface area contributed by atoms with Gasteiger partial charge in [0.05, 0.1) is 29.8 Å². The molecule has 3 N–H and O–H groups in total. The molecule has 0 aliphatic carbocycles. The molecule has 0 unspecified atom stereocenters. The summed E-state index contributed by atoms with van der Waals surface area (Å²) >= 11 is 5.95. The summed E-state index contributed by atoms with van der Waals surface area (Å²) in [5, 5.41) is 22.4. The van der Waals surface area contributed by atoms with E-state index < -0.39 is 11.4 Å². The average molecular weight is 309 g/mol. The maximum atomic E-state index is 12.5. The Labute approximate surface area is 127 Å². The van der Waals surface area contributed by atoms with Gasteiger partial charge < -0.3 is 15.5 Å². The molecule has 1 amide bonds. The number of pyridine rings is 1. The lowest BCUT2D eigenvalue weighted by Gasteiger charge is -2.29. The standard InChI is InChI=1S/C15H17ClN2O3/c1-2-15(8-19,9-20)18-14(21)11-7-13(16)17-12-6-4-3-5-10(11)12/h3-7,19-20H,2,8-9H2,1H3,(H,18,21). The molecule has 0 saturated carbocycles. The highest BCUT2D eigenvalue weighted by molar-refractivity contribution is 6.30. The molecule has 0 aliphatic rings. The molecule has 2 rings (SSSR count). The number of para-hydroxylation sites is 1. The number of aliphatic hydroxyl groups excluding tert-OH is 2. The summed E-state index contributed by atoms with van der Waals surface area (Å²) in [6.45, 7) is 1.09. The van der Waals surface area contributed by atoms with Gasteiger partial charge in [-0.15, -0.1) is 0 Å². The van der Waals surface area contributed by atoms with Crippen LogP contribution < -0.4 is 5.32 Å². The van der Waals surface area contributed by atoms with Gasteiger partial charge in [0.2, 0.25) is 0 Å². The number of nitrogens with zero attached hydrogens (tertiary/aromatic N) is 1. The summed E-state index contributed by atoms with van der Waals surface area (Å²) in [7, 11) is 0. The number of aliphatic hydroxyl groups is 2. The number of halogens is 1. The van der Waals surface area contributed by atoms with Gasteiger partial charge >= 0.3 is 0 Å². The van der Waals surface area contributed by atoms with Gasteiger partial charge in [-0.2, -0.15) is 0 Å². The Morgan fingerprint density at radius 2 is 2.00 bits per heavy atom. The molecule has 0 radical (unpaired) electrons. The highest BCUT2D eigenvalue weighted by Gasteiger charge is 2.29. The van der Waals surface area contributed by atoms with Crippen molar-refractivity contribution in [3.8, 4) is 0 Å². The van der Waals surface area contributed by atoms with Crippen LogP contribution in [0, 0.1) is 0 Å². The van der Waals surface area contributed by atoms with Gasteiger partial charge in [-0.1, -0.05) is 36.7 Å². The van der Waals surface area contributed by atoms with E-state index in [-0.39, 0.29) is 18.4 Å². The molecule has 0 saturated heterocycles. The molecule has 0 atom stereocenters. The molecule has 21 heavy (non-hydrogen) atoms. The largest absolute Gasteiger partial charge is 0.394 e. The summed E-state index contributed by atoms with van der Waals surface area (Å²) in [4.78, 5) is 16.6. The third-order valence-electron chi connectivity index (χ3n) is 3.59. The van der Waals surface area contributed by atoms with Gasteiger partial charge in [-0.25, -0.2) is 4.98 Å². The number of benzene rings is 1. The number of aromatic nitrogens is 1. The van der Waals surface area contributed by atoms with Crippen LogP contribution in [0.25, 0.3) is 10.9 Å². The van der Waals surface area contributed by atoms with Gasteiger partial charge in [0, 0.05) is 5.39 Å². The van der Waals surface area contributed by atoms with Crippen molar-refractivity contribution >= 4 is 28.4 Å². The fourth-order valence-electron chi connectivity index (χ4n) is 2.08. The second-order valence-corrected chi connectivity index (χ2v) is 5.30. The number of rotatable bonds is 5. The Morgan fingerprint density at radius 3 is 2.62 bits per heavy atom. The molecule has 1 aromatic carbocycles. The maximum Gasteiger partial charge on any atom is 0.252 e. The van der Waals surface area contributed by atoms with Gasteiger partial charge in [-0.3, -0.25) is 4.79 Å². The number of carbonyl (C=O) groups is 1. The minimum atomic E-state index is -1.05. The summed E-state index contributed by atoms with van der Waals surface area (Å²) in [6, 6.07) is 8.64. The molecule has 1 aromatic heterocycles. The molecule has 6 heteroatoms. The van der Waals surface area contributed by atoms with E-state index in [1.807, 2.05) is 6.07 Å². The highest BCUT2D eigenvalue weighted by Crippen LogP contribution is 2.21. The van der Waals surface area contributed by atoms with E-state index in [9.17, 15) is 15.0 Å². The van der Waals surface area contributed by atoms with Gasteiger partial charge in [0.15, 0.2) is 0 Å². The molecule has 2 aromatic rings. The van der Waals surface area contributed by atoms with Gasteiger partial charge in [0.1, 0.15) is 5.15 Å². The summed E-state index contributed by atoms with van der Waals surface area (Å²) < 4.78 is 0.